The van der Waals surface area contributed by atoms with Gasteiger partial charge in [-0.25, -0.2) is 0 Å². The third-order valence-electron chi connectivity index (χ3n) is 2.71. The van der Waals surface area contributed by atoms with Gasteiger partial charge in [0, 0.05) is 28.2 Å². The van der Waals surface area contributed by atoms with Crippen molar-refractivity contribution in [2.45, 2.75) is 6.92 Å². The summed E-state index contributed by atoms with van der Waals surface area (Å²) in [6.45, 7) is 2.17. The van der Waals surface area contributed by atoms with Crippen molar-refractivity contribution >= 4 is 70.0 Å². The van der Waals surface area contributed by atoms with Crippen molar-refractivity contribution < 1.29 is 0 Å². The molecule has 0 aliphatic heterocycles. The first-order chi connectivity index (χ1) is 7.65. The van der Waals surface area contributed by atoms with Gasteiger partial charge >= 0.3 is 0 Å². The van der Waals surface area contributed by atoms with Crippen molar-refractivity contribution in [2.24, 2.45) is 0 Å². The minimum absolute atomic E-state index is 1.15. The zero-order chi connectivity index (χ0) is 11.3. The van der Waals surface area contributed by atoms with Gasteiger partial charge in [-0.1, -0.05) is 22.0 Å². The molecule has 0 aliphatic rings. The molecule has 1 aromatic heterocycles. The summed E-state index contributed by atoms with van der Waals surface area (Å²) in [5.41, 5.74) is 1.36. The third-order valence-corrected chi connectivity index (χ3v) is 5.49. The van der Waals surface area contributed by atoms with Crippen LogP contribution in [0.4, 0.5) is 0 Å². The summed E-state index contributed by atoms with van der Waals surface area (Å²) in [6.07, 6.45) is 0. The molecule has 0 saturated carbocycles. The minimum atomic E-state index is 1.15. The predicted molar refractivity (Wildman–Crippen MR) is 84.5 cm³/mol. The molecule has 3 aromatic rings. The van der Waals surface area contributed by atoms with E-state index in [0.717, 1.165) is 4.47 Å². The molecule has 3 heteroatoms. The molecule has 80 valence electrons. The van der Waals surface area contributed by atoms with Crippen LogP contribution in [0, 0.1) is 10.5 Å². The van der Waals surface area contributed by atoms with E-state index in [-0.39, 0.29) is 0 Å². The Morgan fingerprint density at radius 2 is 1.81 bits per heavy atom. The van der Waals surface area contributed by atoms with Crippen molar-refractivity contribution in [3.8, 4) is 0 Å². The van der Waals surface area contributed by atoms with Gasteiger partial charge in [-0.05, 0) is 59.3 Å². The van der Waals surface area contributed by atoms with E-state index in [4.69, 9.17) is 0 Å². The number of aryl methyl sites for hydroxylation is 1. The number of fused-ring (bicyclic) bond motifs is 3. The second kappa shape index (κ2) is 3.96. The van der Waals surface area contributed by atoms with Gasteiger partial charge in [0.25, 0.3) is 0 Å². The number of rotatable bonds is 0. The average molecular weight is 403 g/mol. The molecule has 1 heterocycles. The summed E-state index contributed by atoms with van der Waals surface area (Å²) >= 11 is 7.79. The summed E-state index contributed by atoms with van der Waals surface area (Å²) in [4.78, 5) is 0. The van der Waals surface area contributed by atoms with Crippen molar-refractivity contribution in [1.82, 2.24) is 0 Å². The molecule has 3 rings (SSSR count). The van der Waals surface area contributed by atoms with Gasteiger partial charge in [-0.3, -0.25) is 0 Å². The molecule has 0 amide bonds. The van der Waals surface area contributed by atoms with Gasteiger partial charge in [0.2, 0.25) is 0 Å². The van der Waals surface area contributed by atoms with E-state index < -0.39 is 0 Å². The maximum Gasteiger partial charge on any atom is 0.0366 e. The fourth-order valence-corrected chi connectivity index (χ4v) is 4.24. The van der Waals surface area contributed by atoms with Crippen LogP contribution in [0.1, 0.15) is 5.56 Å². The quantitative estimate of drug-likeness (QED) is 0.421. The fourth-order valence-electron chi connectivity index (χ4n) is 1.88. The number of hydrogen-bond donors (Lipinski definition) is 0. The summed E-state index contributed by atoms with van der Waals surface area (Å²) in [5, 5.41) is 2.74. The Morgan fingerprint density at radius 1 is 1.06 bits per heavy atom. The number of hydrogen-bond acceptors (Lipinski definition) is 1. The van der Waals surface area contributed by atoms with E-state index in [1.165, 1.54) is 29.3 Å². The summed E-state index contributed by atoms with van der Waals surface area (Å²) < 4.78 is 5.22. The summed E-state index contributed by atoms with van der Waals surface area (Å²) in [5.74, 6) is 0. The molecule has 0 atom stereocenters. The molecule has 16 heavy (non-hydrogen) atoms. The summed E-state index contributed by atoms with van der Waals surface area (Å²) in [7, 11) is 0. The van der Waals surface area contributed by atoms with Crippen LogP contribution in [-0.4, -0.2) is 0 Å². The van der Waals surface area contributed by atoms with Crippen LogP contribution in [0.5, 0.6) is 0 Å². The molecule has 0 N–H and O–H groups in total. The Kier molecular flexibility index (Phi) is 2.72. The van der Waals surface area contributed by atoms with E-state index >= 15 is 0 Å². The van der Waals surface area contributed by atoms with Crippen molar-refractivity contribution in [1.29, 1.82) is 0 Å². The highest BCUT2D eigenvalue weighted by Gasteiger charge is 2.07. The Balaban J connectivity index is 2.51. The Morgan fingerprint density at radius 3 is 2.62 bits per heavy atom. The zero-order valence-corrected chi connectivity index (χ0v) is 13.1. The van der Waals surface area contributed by atoms with Crippen LogP contribution in [0.15, 0.2) is 34.8 Å². The van der Waals surface area contributed by atoms with Crippen LogP contribution >= 0.6 is 49.9 Å². The standard InChI is InChI=1S/C13H8BrIS/c1-7-4-10-9-3-2-8(14)5-12(9)16-13(10)6-11(7)15/h2-6H,1H3. The largest absolute Gasteiger partial charge is 0.135 e. The van der Waals surface area contributed by atoms with Gasteiger partial charge in [-0.15, -0.1) is 11.3 Å². The van der Waals surface area contributed by atoms with Gasteiger partial charge in [-0.2, -0.15) is 0 Å². The normalized spacial score (nSPS) is 11.4. The number of halogens is 2. The van der Waals surface area contributed by atoms with Crippen LogP contribution in [0.3, 0.4) is 0 Å². The highest BCUT2D eigenvalue weighted by atomic mass is 127. The topological polar surface area (TPSA) is 0 Å². The van der Waals surface area contributed by atoms with E-state index in [9.17, 15) is 0 Å². The lowest BCUT2D eigenvalue weighted by Crippen LogP contribution is -1.77. The maximum atomic E-state index is 3.52. The van der Waals surface area contributed by atoms with Gasteiger partial charge < -0.3 is 0 Å². The minimum Gasteiger partial charge on any atom is -0.135 e. The highest BCUT2D eigenvalue weighted by molar-refractivity contribution is 14.1. The third kappa shape index (κ3) is 1.69. The molecule has 0 bridgehead atoms. The number of benzene rings is 2. The zero-order valence-electron chi connectivity index (χ0n) is 8.55. The molecule has 0 radical (unpaired) electrons. The van der Waals surface area contributed by atoms with E-state index in [2.05, 4.69) is 75.8 Å². The molecule has 0 saturated heterocycles. The van der Waals surface area contributed by atoms with E-state index in [1.807, 2.05) is 11.3 Å². The van der Waals surface area contributed by atoms with Gasteiger partial charge in [0.1, 0.15) is 0 Å². The molecule has 0 fully saturated rings. The monoisotopic (exact) mass is 402 g/mol. The molecular weight excluding hydrogens is 395 g/mol. The maximum absolute atomic E-state index is 3.52. The Labute approximate surface area is 120 Å². The highest BCUT2D eigenvalue weighted by Crippen LogP contribution is 2.36. The smallest absolute Gasteiger partial charge is 0.0366 e. The second-order valence-electron chi connectivity index (χ2n) is 3.84. The molecule has 0 spiro atoms. The molecular formula is C13H8BrIS. The lowest BCUT2D eigenvalue weighted by atomic mass is 10.1. The van der Waals surface area contributed by atoms with E-state index in [0.29, 0.717) is 0 Å². The van der Waals surface area contributed by atoms with Gasteiger partial charge in [0.05, 0.1) is 0 Å². The Hall–Kier alpha value is -0.130. The van der Waals surface area contributed by atoms with Crippen molar-refractivity contribution in [2.75, 3.05) is 0 Å². The molecule has 0 nitrogen and oxygen atoms in total. The predicted octanol–water partition coefficient (Wildman–Crippen LogP) is 5.73. The lowest BCUT2D eigenvalue weighted by Gasteiger charge is -1.98. The first kappa shape index (κ1) is 11.0. The van der Waals surface area contributed by atoms with Crippen LogP contribution in [-0.2, 0) is 0 Å². The van der Waals surface area contributed by atoms with Crippen LogP contribution in [0.25, 0.3) is 20.2 Å². The van der Waals surface area contributed by atoms with Crippen molar-refractivity contribution in [3.63, 3.8) is 0 Å². The van der Waals surface area contributed by atoms with E-state index in [1.54, 1.807) is 0 Å². The number of thiophene rings is 1. The molecule has 0 aliphatic carbocycles. The first-order valence-electron chi connectivity index (χ1n) is 4.93. The average Bonchev–Trinajstić information content (AvgIpc) is 2.55. The Bertz CT molecular complexity index is 700. The van der Waals surface area contributed by atoms with Gasteiger partial charge in [0.15, 0.2) is 0 Å². The van der Waals surface area contributed by atoms with Crippen molar-refractivity contribution in [3.05, 3.63) is 43.9 Å². The lowest BCUT2D eigenvalue weighted by molar-refractivity contribution is 1.47. The fraction of sp³-hybridized carbons (Fsp3) is 0.0769. The summed E-state index contributed by atoms with van der Waals surface area (Å²) in [6, 6.07) is 11.1. The molecule has 0 unspecified atom stereocenters. The first-order valence-corrected chi connectivity index (χ1v) is 7.62. The van der Waals surface area contributed by atoms with Crippen LogP contribution < -0.4 is 0 Å². The SMILES string of the molecule is Cc1cc2c(cc1I)sc1cc(Br)ccc12. The van der Waals surface area contributed by atoms with Crippen LogP contribution in [0.2, 0.25) is 0 Å². The second-order valence-corrected chi connectivity index (χ2v) is 7.00. The molecule has 2 aromatic carbocycles.